The summed E-state index contributed by atoms with van der Waals surface area (Å²) in [6.45, 7) is 6.21. The zero-order valence-corrected chi connectivity index (χ0v) is 24.1. The fraction of sp³-hybridized carbons (Fsp3) is 0.423. The molecule has 0 saturated carbocycles. The van der Waals surface area contributed by atoms with Crippen molar-refractivity contribution in [2.45, 2.75) is 56.5 Å². The number of hydrogen-bond donors (Lipinski definition) is 2. The summed E-state index contributed by atoms with van der Waals surface area (Å²) in [6, 6.07) is 8.86. The molecule has 1 unspecified atom stereocenters. The van der Waals surface area contributed by atoms with Crippen LogP contribution in [0, 0.1) is 0 Å². The first-order valence-electron chi connectivity index (χ1n) is 12.4. The summed E-state index contributed by atoms with van der Waals surface area (Å²) >= 11 is 12.0. The van der Waals surface area contributed by atoms with Gasteiger partial charge >= 0.3 is 12.1 Å². The quantitative estimate of drug-likeness (QED) is 0.418. The van der Waals surface area contributed by atoms with E-state index in [0.29, 0.717) is 30.8 Å². The van der Waals surface area contributed by atoms with Gasteiger partial charge in [-0.2, -0.15) is 4.31 Å². The van der Waals surface area contributed by atoms with E-state index in [-0.39, 0.29) is 34.3 Å². The van der Waals surface area contributed by atoms with Crippen molar-refractivity contribution in [1.29, 1.82) is 0 Å². The first-order chi connectivity index (χ1) is 18.3. The van der Waals surface area contributed by atoms with Crippen LogP contribution in [0.4, 0.5) is 4.79 Å². The average molecular weight is 601 g/mol. The highest BCUT2D eigenvalue weighted by molar-refractivity contribution is 7.89. The van der Waals surface area contributed by atoms with Crippen LogP contribution in [0.2, 0.25) is 10.0 Å². The second kappa shape index (κ2) is 12.5. The van der Waals surface area contributed by atoms with Crippen LogP contribution >= 0.6 is 23.2 Å². The van der Waals surface area contributed by atoms with Crippen LogP contribution < -0.4 is 10.1 Å². The second-order valence-corrected chi connectivity index (χ2v) is 12.0. The molecule has 2 N–H and O–H groups in total. The van der Waals surface area contributed by atoms with Crippen molar-refractivity contribution in [2.75, 3.05) is 19.6 Å². The fourth-order valence-electron chi connectivity index (χ4n) is 4.45. The van der Waals surface area contributed by atoms with E-state index in [0.717, 1.165) is 4.31 Å². The first-order valence-corrected chi connectivity index (χ1v) is 14.6. The average Bonchev–Trinajstić information content (AvgIpc) is 3.28. The van der Waals surface area contributed by atoms with Crippen LogP contribution in [0.5, 0.6) is 5.75 Å². The number of sulfonamides is 1. The highest BCUT2D eigenvalue weighted by Gasteiger charge is 2.50. The Hall–Kier alpha value is -2.86. The number of carbonyl (C=O) groups excluding carboxylic acids is 2. The minimum Gasteiger partial charge on any atom is -0.480 e. The molecule has 2 aromatic rings. The Morgan fingerprint density at radius 2 is 1.69 bits per heavy atom. The van der Waals surface area contributed by atoms with Gasteiger partial charge in [-0.25, -0.2) is 18.0 Å². The predicted octanol–water partition coefficient (Wildman–Crippen LogP) is 4.19. The molecule has 1 aliphatic rings. The number of carboxylic acids is 1. The van der Waals surface area contributed by atoms with Gasteiger partial charge in [-0.05, 0) is 69.5 Å². The number of amides is 2. The van der Waals surface area contributed by atoms with Crippen LogP contribution in [0.3, 0.4) is 0 Å². The molecule has 39 heavy (non-hydrogen) atoms. The van der Waals surface area contributed by atoms with Gasteiger partial charge in [0, 0.05) is 36.1 Å². The molecule has 1 fully saturated rings. The van der Waals surface area contributed by atoms with E-state index < -0.39 is 39.6 Å². The van der Waals surface area contributed by atoms with E-state index in [1.807, 2.05) is 13.8 Å². The molecule has 2 aromatic carbocycles. The third kappa shape index (κ3) is 7.02. The molecule has 0 aromatic heterocycles. The van der Waals surface area contributed by atoms with Crippen molar-refractivity contribution in [3.05, 3.63) is 58.1 Å². The van der Waals surface area contributed by atoms with Gasteiger partial charge in [-0.1, -0.05) is 35.3 Å². The minimum absolute atomic E-state index is 0.0712. The lowest BCUT2D eigenvalue weighted by Crippen LogP contribution is -2.58. The lowest BCUT2D eigenvalue weighted by Gasteiger charge is -2.34. The van der Waals surface area contributed by atoms with Gasteiger partial charge in [0.2, 0.25) is 15.9 Å². The zero-order chi connectivity index (χ0) is 29.0. The molecule has 0 radical (unpaired) electrons. The van der Waals surface area contributed by atoms with Gasteiger partial charge < -0.3 is 20.1 Å². The molecule has 13 heteroatoms. The highest BCUT2D eigenvalue weighted by atomic mass is 35.5. The van der Waals surface area contributed by atoms with Gasteiger partial charge in [0.25, 0.3) is 0 Å². The van der Waals surface area contributed by atoms with E-state index in [4.69, 9.17) is 27.9 Å². The lowest BCUT2D eigenvalue weighted by molar-refractivity contribution is -0.143. The summed E-state index contributed by atoms with van der Waals surface area (Å²) < 4.78 is 33.3. The number of halogens is 2. The molecule has 0 aliphatic carbocycles. The van der Waals surface area contributed by atoms with Crippen molar-refractivity contribution in [3.8, 4) is 5.75 Å². The number of benzene rings is 2. The Balaban J connectivity index is 1.75. The fourth-order valence-corrected chi connectivity index (χ4v) is 6.98. The lowest BCUT2D eigenvalue weighted by atomic mass is 9.97. The number of carbonyl (C=O) groups is 3. The van der Waals surface area contributed by atoms with Crippen molar-refractivity contribution in [3.63, 3.8) is 0 Å². The molecule has 0 bridgehead atoms. The summed E-state index contributed by atoms with van der Waals surface area (Å²) in [6.07, 6.45) is 0.0412. The van der Waals surface area contributed by atoms with E-state index in [2.05, 4.69) is 5.32 Å². The van der Waals surface area contributed by atoms with Gasteiger partial charge in [0.15, 0.2) is 0 Å². The van der Waals surface area contributed by atoms with Crippen LogP contribution in [0.15, 0.2) is 47.4 Å². The third-order valence-electron chi connectivity index (χ3n) is 6.68. The largest absolute Gasteiger partial charge is 0.480 e. The summed E-state index contributed by atoms with van der Waals surface area (Å²) in [7, 11) is -4.16. The molecule has 1 heterocycles. The van der Waals surface area contributed by atoms with Crippen LogP contribution in [-0.4, -0.2) is 71.9 Å². The molecule has 1 saturated heterocycles. The first kappa shape index (κ1) is 30.7. The number of nitrogens with zero attached hydrogens (tertiary/aromatic N) is 2. The Kier molecular flexibility index (Phi) is 9.87. The maximum atomic E-state index is 13.4. The number of ether oxygens (including phenoxy) is 1. The predicted molar refractivity (Wildman–Crippen MR) is 147 cm³/mol. The van der Waals surface area contributed by atoms with Gasteiger partial charge in [0.1, 0.15) is 17.3 Å². The monoisotopic (exact) mass is 599 g/mol. The minimum atomic E-state index is -4.16. The van der Waals surface area contributed by atoms with Crippen molar-refractivity contribution < 1.29 is 32.6 Å². The summed E-state index contributed by atoms with van der Waals surface area (Å²) in [5, 5.41) is 12.6. The van der Waals surface area contributed by atoms with Crippen molar-refractivity contribution >= 4 is 51.2 Å². The second-order valence-electron chi connectivity index (χ2n) is 9.31. The van der Waals surface area contributed by atoms with E-state index in [9.17, 15) is 27.9 Å². The van der Waals surface area contributed by atoms with Crippen LogP contribution in [-0.2, 0) is 26.0 Å². The normalized spacial score (nSPS) is 18.4. The van der Waals surface area contributed by atoms with Gasteiger partial charge in [0.05, 0.1) is 4.90 Å². The third-order valence-corrected chi connectivity index (χ3v) is 9.12. The summed E-state index contributed by atoms with van der Waals surface area (Å²) in [5.41, 5.74) is -0.955. The molecule has 2 atom stereocenters. The van der Waals surface area contributed by atoms with Gasteiger partial charge in [-0.15, -0.1) is 0 Å². The molecule has 3 rings (SSSR count). The molecule has 10 nitrogen and oxygen atoms in total. The number of hydrogen-bond acceptors (Lipinski definition) is 6. The zero-order valence-electron chi connectivity index (χ0n) is 21.8. The Morgan fingerprint density at radius 3 is 2.23 bits per heavy atom. The van der Waals surface area contributed by atoms with E-state index in [1.165, 1.54) is 30.0 Å². The molecule has 0 spiro atoms. The summed E-state index contributed by atoms with van der Waals surface area (Å²) in [4.78, 5) is 38.9. The summed E-state index contributed by atoms with van der Waals surface area (Å²) in [5.74, 6) is -1.71. The Labute approximate surface area is 237 Å². The Bertz CT molecular complexity index is 1310. The number of aliphatic carboxylic acids is 1. The molecule has 2 amide bonds. The Morgan fingerprint density at radius 1 is 1.10 bits per heavy atom. The van der Waals surface area contributed by atoms with Crippen molar-refractivity contribution in [2.24, 2.45) is 0 Å². The van der Waals surface area contributed by atoms with Gasteiger partial charge in [-0.3, -0.25) is 4.79 Å². The molecular formula is C26H31Cl2N3O7S. The smallest absolute Gasteiger partial charge is 0.415 e. The maximum Gasteiger partial charge on any atom is 0.415 e. The van der Waals surface area contributed by atoms with Crippen LogP contribution in [0.25, 0.3) is 0 Å². The topological polar surface area (TPSA) is 133 Å². The standard InChI is InChI=1S/C26H31Cl2N3O7S/c1-4-30(5-2)25(35)38-20-9-7-17(8-10-20)13-22(23(32)33)29-24(34)26(3)11-6-12-31(26)39(36,37)21-15-18(27)14-19(28)16-21/h7-10,14-16,22H,4-6,11-13H2,1-3H3,(H,29,34)(H,32,33)/t22?,26-/m0/s1. The van der Waals surface area contributed by atoms with E-state index >= 15 is 0 Å². The highest BCUT2D eigenvalue weighted by Crippen LogP contribution is 2.36. The van der Waals surface area contributed by atoms with E-state index in [1.54, 1.807) is 24.3 Å². The van der Waals surface area contributed by atoms with Crippen molar-refractivity contribution in [1.82, 2.24) is 14.5 Å². The molecular weight excluding hydrogens is 569 g/mol. The molecule has 1 aliphatic heterocycles. The molecule has 212 valence electrons. The number of nitrogens with one attached hydrogen (secondary N) is 1. The van der Waals surface area contributed by atoms with Crippen LogP contribution in [0.1, 0.15) is 39.2 Å². The number of rotatable bonds is 10. The SMILES string of the molecule is CCN(CC)C(=O)Oc1ccc(CC(NC(=O)[C@]2(C)CCCN2S(=O)(=O)c2cc(Cl)cc(Cl)c2)C(=O)O)cc1. The maximum absolute atomic E-state index is 13.4. The number of carboxylic acid groups (broad SMARTS) is 1.